The molecule has 14 atom stereocenters. The normalized spacial score (nSPS) is 40.8. The maximum Gasteiger partial charge on any atom is 0.338 e. The highest BCUT2D eigenvalue weighted by molar-refractivity contribution is 5.89. The third-order valence-electron chi connectivity index (χ3n) is 16.2. The summed E-state index contributed by atoms with van der Waals surface area (Å²) >= 11 is 0. The number of benzene rings is 1. The third-order valence-corrected chi connectivity index (χ3v) is 16.2. The van der Waals surface area contributed by atoms with Crippen molar-refractivity contribution in [1.29, 1.82) is 0 Å². The number of rotatable bonds is 22. The van der Waals surface area contributed by atoms with Gasteiger partial charge < -0.3 is 43.5 Å². The predicted molar refractivity (Wildman–Crippen MR) is 219 cm³/mol. The Balaban J connectivity index is 1.20. The lowest BCUT2D eigenvalue weighted by molar-refractivity contribution is -0.317. The molecule has 0 amide bonds. The van der Waals surface area contributed by atoms with Gasteiger partial charge in [-0.25, -0.2) is 4.79 Å². The summed E-state index contributed by atoms with van der Waals surface area (Å²) < 4.78 is 38.8. The summed E-state index contributed by atoms with van der Waals surface area (Å²) in [6, 6.07) is 8.53. The van der Waals surface area contributed by atoms with Gasteiger partial charge in [-0.2, -0.15) is 0 Å². The molecule has 1 spiro atoms. The second-order valence-corrected chi connectivity index (χ2v) is 19.1. The standard InChI is InChI=1S/C47H73NO10/c1-7-8-9-10-11-12-13-14-15-16-17-18-22-25-34(49)58-47-35-32(28-45(52,42(56-6)40(47)50)41(35)57-43(51)31-23-20-19-21-24-31)46-33(54-4)26-27-44(30-53-3)29-48(2)39(46)36(47)37(55-5)38(44)46/h19-21,23-24,32-33,35-42,50,52H,7-18,22,25-30H2,1-6H3/t32-,33+,35-,36+,37+,38-,39?,40+,41-,42+,44+,45-,46+,47-/m1/s1. The molecule has 5 saturated carbocycles. The minimum absolute atomic E-state index is 0.108. The van der Waals surface area contributed by atoms with Gasteiger partial charge >= 0.3 is 11.9 Å². The first-order valence-corrected chi connectivity index (χ1v) is 22.7. The van der Waals surface area contributed by atoms with Gasteiger partial charge in [-0.15, -0.1) is 0 Å². The molecule has 326 valence electrons. The summed E-state index contributed by atoms with van der Waals surface area (Å²) in [5.74, 6) is -2.78. The Morgan fingerprint density at radius 3 is 2.05 bits per heavy atom. The highest BCUT2D eigenvalue weighted by Crippen LogP contribution is 2.80. The average molecular weight is 812 g/mol. The summed E-state index contributed by atoms with van der Waals surface area (Å²) in [6.07, 6.45) is 13.1. The first-order chi connectivity index (χ1) is 28.1. The zero-order chi connectivity index (χ0) is 41.3. The van der Waals surface area contributed by atoms with Crippen LogP contribution in [0.2, 0.25) is 0 Å². The first kappa shape index (κ1) is 44.0. The van der Waals surface area contributed by atoms with Crippen LogP contribution in [0.5, 0.6) is 0 Å². The van der Waals surface area contributed by atoms with Crippen molar-refractivity contribution >= 4 is 11.9 Å². The van der Waals surface area contributed by atoms with Gasteiger partial charge in [0.2, 0.25) is 0 Å². The number of fused-ring (bicyclic) bond motifs is 2. The van der Waals surface area contributed by atoms with E-state index in [2.05, 4.69) is 18.9 Å². The van der Waals surface area contributed by atoms with E-state index in [4.69, 9.17) is 28.4 Å². The fraction of sp³-hybridized carbons (Fsp3) is 0.830. The van der Waals surface area contributed by atoms with Gasteiger partial charge in [0.25, 0.3) is 0 Å². The minimum atomic E-state index is -1.77. The smallest absolute Gasteiger partial charge is 0.338 e. The molecule has 1 heterocycles. The zero-order valence-corrected chi connectivity index (χ0v) is 36.2. The molecule has 58 heavy (non-hydrogen) atoms. The van der Waals surface area contributed by atoms with Crippen LogP contribution in [0.4, 0.5) is 0 Å². The molecule has 6 fully saturated rings. The number of carbonyl (C=O) groups is 2. The number of ether oxygens (including phenoxy) is 6. The quantitative estimate of drug-likeness (QED) is 0.0953. The Hall–Kier alpha value is -2.12. The number of piperidine rings is 1. The molecule has 7 rings (SSSR count). The second-order valence-electron chi connectivity index (χ2n) is 19.1. The SMILES string of the molecule is CCCCCCCCCCCCCCCC(=O)O[C@]12[C@H]3[C@@H](OC(=O)c4ccccc4)[C@](O)(C[C@H]3[C@@]34C5[C@@H]1[C@H](OC)[C@@H]3[C@@](COC)(CC[C@@H]4OC)CN5C)[C@@H](OC)[C@@H]2O. The van der Waals surface area contributed by atoms with Crippen molar-refractivity contribution in [1.82, 2.24) is 4.90 Å². The van der Waals surface area contributed by atoms with Crippen molar-refractivity contribution in [3.63, 3.8) is 0 Å². The molecule has 0 radical (unpaired) electrons. The minimum Gasteiger partial charge on any atom is -0.455 e. The number of nitrogens with zero attached hydrogens (tertiary/aromatic N) is 1. The molecule has 5 aliphatic carbocycles. The Morgan fingerprint density at radius 1 is 0.828 bits per heavy atom. The van der Waals surface area contributed by atoms with Gasteiger partial charge in [-0.1, -0.05) is 102 Å². The van der Waals surface area contributed by atoms with E-state index in [1.807, 2.05) is 6.07 Å². The highest BCUT2D eigenvalue weighted by Gasteiger charge is 2.91. The van der Waals surface area contributed by atoms with Gasteiger partial charge in [-0.05, 0) is 50.8 Å². The number of esters is 2. The monoisotopic (exact) mass is 812 g/mol. The van der Waals surface area contributed by atoms with E-state index in [0.29, 0.717) is 18.6 Å². The molecule has 1 aliphatic heterocycles. The van der Waals surface area contributed by atoms with Crippen LogP contribution < -0.4 is 0 Å². The molecule has 11 nitrogen and oxygen atoms in total. The van der Waals surface area contributed by atoms with Crippen molar-refractivity contribution in [2.75, 3.05) is 48.6 Å². The molecule has 11 heteroatoms. The van der Waals surface area contributed by atoms with Crippen molar-refractivity contribution in [2.24, 2.45) is 34.5 Å². The summed E-state index contributed by atoms with van der Waals surface area (Å²) in [7, 11) is 8.81. The molecule has 0 aromatic heterocycles. The molecule has 1 saturated heterocycles. The molecular weight excluding hydrogens is 739 g/mol. The maximum absolute atomic E-state index is 14.5. The van der Waals surface area contributed by atoms with Crippen molar-refractivity contribution in [3.8, 4) is 0 Å². The molecular formula is C47H73NO10. The van der Waals surface area contributed by atoms with Gasteiger partial charge in [0, 0.05) is 76.0 Å². The van der Waals surface area contributed by atoms with E-state index in [-0.39, 0.29) is 42.2 Å². The maximum atomic E-state index is 14.5. The first-order valence-electron chi connectivity index (χ1n) is 22.7. The Labute approximate surface area is 347 Å². The predicted octanol–water partition coefficient (Wildman–Crippen LogP) is 6.75. The lowest BCUT2D eigenvalue weighted by atomic mass is 9.43. The fourth-order valence-electron chi connectivity index (χ4n) is 14.5. The molecule has 1 aromatic rings. The van der Waals surface area contributed by atoms with Crippen LogP contribution in [0.25, 0.3) is 0 Å². The lowest BCUT2D eigenvalue weighted by Gasteiger charge is -2.69. The molecule has 2 N–H and O–H groups in total. The number of unbranched alkanes of at least 4 members (excludes halogenated alkanes) is 12. The van der Waals surface area contributed by atoms with Crippen molar-refractivity contribution < 1.29 is 48.2 Å². The number of carbonyl (C=O) groups excluding carboxylic acids is 2. The van der Waals surface area contributed by atoms with Crippen LogP contribution in [0.3, 0.4) is 0 Å². The fourth-order valence-corrected chi connectivity index (χ4v) is 14.5. The Bertz CT molecular complexity index is 1550. The zero-order valence-electron chi connectivity index (χ0n) is 36.2. The Kier molecular flexibility index (Phi) is 13.7. The molecule has 7 bridgehead atoms. The number of likely N-dealkylation sites (tertiary alicyclic amines) is 1. The van der Waals surface area contributed by atoms with Gasteiger partial charge in [0.15, 0.2) is 5.60 Å². The topological polar surface area (TPSA) is 133 Å². The number of hydrogen-bond acceptors (Lipinski definition) is 11. The van der Waals surface area contributed by atoms with E-state index in [1.165, 1.54) is 64.9 Å². The van der Waals surface area contributed by atoms with Crippen molar-refractivity contribution in [3.05, 3.63) is 35.9 Å². The summed E-state index contributed by atoms with van der Waals surface area (Å²) in [4.78, 5) is 30.9. The summed E-state index contributed by atoms with van der Waals surface area (Å²) in [5.41, 5.74) is -3.96. The van der Waals surface area contributed by atoms with E-state index in [0.717, 1.165) is 38.6 Å². The van der Waals surface area contributed by atoms with Crippen LogP contribution >= 0.6 is 0 Å². The number of aliphatic hydroxyl groups excluding tert-OH is 1. The van der Waals surface area contributed by atoms with Gasteiger partial charge in [0.1, 0.15) is 23.9 Å². The van der Waals surface area contributed by atoms with Crippen LogP contribution in [0.1, 0.15) is 126 Å². The second kappa shape index (κ2) is 18.1. The van der Waals surface area contributed by atoms with E-state index in [1.54, 1.807) is 45.6 Å². The van der Waals surface area contributed by atoms with Crippen molar-refractivity contribution in [2.45, 2.75) is 164 Å². The number of hydrogen-bond donors (Lipinski definition) is 2. The van der Waals surface area contributed by atoms with Crippen LogP contribution in [-0.2, 0) is 33.2 Å². The van der Waals surface area contributed by atoms with E-state index < -0.39 is 64.8 Å². The number of aliphatic hydroxyl groups is 2. The Morgan fingerprint density at radius 2 is 1.47 bits per heavy atom. The highest BCUT2D eigenvalue weighted by atomic mass is 16.6. The van der Waals surface area contributed by atoms with Crippen LogP contribution in [0, 0.1) is 34.5 Å². The van der Waals surface area contributed by atoms with Crippen LogP contribution in [0.15, 0.2) is 30.3 Å². The van der Waals surface area contributed by atoms with Gasteiger partial charge in [-0.3, -0.25) is 4.79 Å². The summed E-state index contributed by atoms with van der Waals surface area (Å²) in [5, 5.41) is 25.9. The lowest BCUT2D eigenvalue weighted by Crippen LogP contribution is -2.80. The molecule has 6 aliphatic rings. The summed E-state index contributed by atoms with van der Waals surface area (Å²) in [6.45, 7) is 3.50. The largest absolute Gasteiger partial charge is 0.455 e. The molecule has 1 unspecified atom stereocenters. The molecule has 1 aromatic carbocycles. The van der Waals surface area contributed by atoms with Crippen LogP contribution in [-0.4, -0.2) is 123 Å². The van der Waals surface area contributed by atoms with Gasteiger partial charge in [0.05, 0.1) is 24.4 Å². The van der Waals surface area contributed by atoms with E-state index >= 15 is 0 Å². The average Bonchev–Trinajstić information content (AvgIpc) is 3.61. The third kappa shape index (κ3) is 6.89. The number of methoxy groups -OCH3 is 4. The van der Waals surface area contributed by atoms with E-state index in [9.17, 15) is 19.8 Å².